The van der Waals surface area contributed by atoms with Crippen molar-refractivity contribution in [1.29, 1.82) is 0 Å². The maximum Gasteiger partial charge on any atom is 0.302 e. The summed E-state index contributed by atoms with van der Waals surface area (Å²) in [5.74, 6) is 4.90. The van der Waals surface area contributed by atoms with Crippen LogP contribution in [0, 0.1) is 18.8 Å². The summed E-state index contributed by atoms with van der Waals surface area (Å²) in [7, 11) is 1.72. The van der Waals surface area contributed by atoms with Gasteiger partial charge in [0.2, 0.25) is 0 Å². The van der Waals surface area contributed by atoms with Gasteiger partial charge in [-0.15, -0.1) is 0 Å². The molecule has 0 bridgehead atoms. The first-order valence-corrected chi connectivity index (χ1v) is 4.42. The number of anilines is 1. The molecular formula is C12H13NO. The highest BCUT2D eigenvalue weighted by Crippen LogP contribution is 2.12. The average Bonchev–Trinajstić information content (AvgIpc) is 2.18. The van der Waals surface area contributed by atoms with Crippen molar-refractivity contribution in [1.82, 2.24) is 0 Å². The molecule has 0 aliphatic heterocycles. The molecule has 0 aliphatic rings. The molecule has 1 aromatic rings. The van der Waals surface area contributed by atoms with Gasteiger partial charge in [-0.05, 0) is 31.9 Å². The van der Waals surface area contributed by atoms with Crippen LogP contribution in [0.4, 0.5) is 5.69 Å². The second-order valence-electron chi connectivity index (χ2n) is 3.07. The second-order valence-corrected chi connectivity index (χ2v) is 3.07. The van der Waals surface area contributed by atoms with Crippen LogP contribution in [0.2, 0.25) is 0 Å². The summed E-state index contributed by atoms with van der Waals surface area (Å²) in [4.78, 5) is 12.9. The predicted octanol–water partition coefficient (Wildman–Crippen LogP) is 1.98. The van der Waals surface area contributed by atoms with Crippen LogP contribution in [0.3, 0.4) is 0 Å². The van der Waals surface area contributed by atoms with Crippen LogP contribution in [0.15, 0.2) is 24.3 Å². The molecule has 0 fully saturated rings. The van der Waals surface area contributed by atoms with E-state index >= 15 is 0 Å². The van der Waals surface area contributed by atoms with Crippen LogP contribution in [0.5, 0.6) is 0 Å². The number of hydrogen-bond acceptors (Lipinski definition) is 1. The highest BCUT2D eigenvalue weighted by Gasteiger charge is 2.06. The maximum absolute atomic E-state index is 11.4. The number of carbonyl (C=O) groups is 1. The lowest BCUT2D eigenvalue weighted by molar-refractivity contribution is -0.113. The monoisotopic (exact) mass is 187 g/mol. The van der Waals surface area contributed by atoms with Gasteiger partial charge in [0.15, 0.2) is 0 Å². The molecule has 2 heteroatoms. The van der Waals surface area contributed by atoms with E-state index in [-0.39, 0.29) is 5.91 Å². The van der Waals surface area contributed by atoms with E-state index in [1.807, 2.05) is 31.2 Å². The Bertz CT molecular complexity index is 381. The molecule has 0 aromatic heterocycles. The van der Waals surface area contributed by atoms with Gasteiger partial charge in [0.1, 0.15) is 0 Å². The van der Waals surface area contributed by atoms with Crippen molar-refractivity contribution in [3.8, 4) is 11.8 Å². The van der Waals surface area contributed by atoms with Gasteiger partial charge in [0.05, 0.1) is 0 Å². The lowest BCUT2D eigenvalue weighted by Crippen LogP contribution is -2.24. The first kappa shape index (κ1) is 10.3. The van der Waals surface area contributed by atoms with Crippen LogP contribution >= 0.6 is 0 Å². The standard InChI is InChI=1S/C12H13NO/c1-4-5-12(14)13(3)11-8-6-10(2)7-9-11/h6-9H,1-3H3. The fourth-order valence-electron chi connectivity index (χ4n) is 1.08. The largest absolute Gasteiger partial charge is 0.305 e. The minimum Gasteiger partial charge on any atom is -0.305 e. The molecular weight excluding hydrogens is 174 g/mol. The van der Waals surface area contributed by atoms with E-state index in [0.29, 0.717) is 0 Å². The van der Waals surface area contributed by atoms with Crippen molar-refractivity contribution in [2.24, 2.45) is 0 Å². The second kappa shape index (κ2) is 4.48. The molecule has 0 heterocycles. The highest BCUT2D eigenvalue weighted by molar-refractivity contribution is 6.05. The Hall–Kier alpha value is -1.75. The fraction of sp³-hybridized carbons (Fsp3) is 0.250. The number of nitrogens with zero attached hydrogens (tertiary/aromatic N) is 1. The third-order valence-electron chi connectivity index (χ3n) is 1.96. The van der Waals surface area contributed by atoms with E-state index in [1.165, 1.54) is 10.5 Å². The Balaban J connectivity index is 2.87. The number of aryl methyl sites for hydroxylation is 1. The molecule has 0 atom stereocenters. The quantitative estimate of drug-likeness (QED) is 0.616. The van der Waals surface area contributed by atoms with Crippen LogP contribution in [-0.2, 0) is 4.79 Å². The van der Waals surface area contributed by atoms with Gasteiger partial charge in [-0.3, -0.25) is 4.79 Å². The summed E-state index contributed by atoms with van der Waals surface area (Å²) < 4.78 is 0. The molecule has 0 saturated heterocycles. The summed E-state index contributed by atoms with van der Waals surface area (Å²) in [6, 6.07) is 7.76. The minimum absolute atomic E-state index is 0.184. The van der Waals surface area contributed by atoms with E-state index in [9.17, 15) is 4.79 Å². The van der Waals surface area contributed by atoms with Gasteiger partial charge >= 0.3 is 5.91 Å². The molecule has 1 amide bonds. The van der Waals surface area contributed by atoms with Crippen molar-refractivity contribution in [2.75, 3.05) is 11.9 Å². The van der Waals surface area contributed by atoms with E-state index in [1.54, 1.807) is 14.0 Å². The third kappa shape index (κ3) is 2.37. The third-order valence-corrected chi connectivity index (χ3v) is 1.96. The van der Waals surface area contributed by atoms with Gasteiger partial charge in [0, 0.05) is 12.7 Å². The first-order chi connectivity index (χ1) is 6.65. The van der Waals surface area contributed by atoms with Crippen LogP contribution < -0.4 is 4.90 Å². The van der Waals surface area contributed by atoms with Gasteiger partial charge in [0.25, 0.3) is 0 Å². The number of hydrogen-bond donors (Lipinski definition) is 0. The molecule has 0 spiro atoms. The molecule has 1 aromatic carbocycles. The zero-order valence-corrected chi connectivity index (χ0v) is 8.66. The van der Waals surface area contributed by atoms with Crippen molar-refractivity contribution in [3.63, 3.8) is 0 Å². The Kier molecular flexibility index (Phi) is 3.30. The molecule has 72 valence electrons. The van der Waals surface area contributed by atoms with Crippen LogP contribution in [-0.4, -0.2) is 13.0 Å². The number of rotatable bonds is 1. The molecule has 0 aliphatic carbocycles. The van der Waals surface area contributed by atoms with Crippen molar-refractivity contribution in [2.45, 2.75) is 13.8 Å². The van der Waals surface area contributed by atoms with Gasteiger partial charge in [-0.2, -0.15) is 0 Å². The molecule has 2 nitrogen and oxygen atoms in total. The summed E-state index contributed by atoms with van der Waals surface area (Å²) in [5.41, 5.74) is 2.04. The molecule has 0 unspecified atom stereocenters. The zero-order chi connectivity index (χ0) is 10.6. The highest BCUT2D eigenvalue weighted by atomic mass is 16.2. The normalized spacial score (nSPS) is 8.79. The zero-order valence-electron chi connectivity index (χ0n) is 8.66. The number of benzene rings is 1. The maximum atomic E-state index is 11.4. The van der Waals surface area contributed by atoms with E-state index in [4.69, 9.17) is 0 Å². The van der Waals surface area contributed by atoms with E-state index in [2.05, 4.69) is 11.8 Å². The molecule has 0 N–H and O–H groups in total. The Labute approximate surface area is 84.5 Å². The molecule has 0 radical (unpaired) electrons. The van der Waals surface area contributed by atoms with Gasteiger partial charge in [-0.1, -0.05) is 23.6 Å². The van der Waals surface area contributed by atoms with E-state index < -0.39 is 0 Å². The Morgan fingerprint density at radius 2 is 1.86 bits per heavy atom. The Morgan fingerprint density at radius 3 is 2.36 bits per heavy atom. The molecule has 1 rings (SSSR count). The average molecular weight is 187 g/mol. The minimum atomic E-state index is -0.184. The first-order valence-electron chi connectivity index (χ1n) is 4.42. The molecule has 0 saturated carbocycles. The van der Waals surface area contributed by atoms with Crippen molar-refractivity contribution < 1.29 is 4.79 Å². The van der Waals surface area contributed by atoms with Crippen molar-refractivity contribution >= 4 is 11.6 Å². The summed E-state index contributed by atoms with van der Waals surface area (Å²) in [5, 5.41) is 0. The lowest BCUT2D eigenvalue weighted by atomic mass is 10.2. The lowest BCUT2D eigenvalue weighted by Gasteiger charge is -2.13. The van der Waals surface area contributed by atoms with Crippen LogP contribution in [0.25, 0.3) is 0 Å². The number of amides is 1. The molecule has 14 heavy (non-hydrogen) atoms. The summed E-state index contributed by atoms with van der Waals surface area (Å²) in [6.07, 6.45) is 0. The topological polar surface area (TPSA) is 20.3 Å². The fourth-order valence-corrected chi connectivity index (χ4v) is 1.08. The summed E-state index contributed by atoms with van der Waals surface area (Å²) in [6.45, 7) is 3.67. The smallest absolute Gasteiger partial charge is 0.302 e. The van der Waals surface area contributed by atoms with Gasteiger partial charge < -0.3 is 4.90 Å². The van der Waals surface area contributed by atoms with Crippen molar-refractivity contribution in [3.05, 3.63) is 29.8 Å². The Morgan fingerprint density at radius 1 is 1.29 bits per heavy atom. The predicted molar refractivity (Wildman–Crippen MR) is 58.0 cm³/mol. The SMILES string of the molecule is CC#CC(=O)N(C)c1ccc(C)cc1. The van der Waals surface area contributed by atoms with E-state index in [0.717, 1.165) is 5.69 Å². The van der Waals surface area contributed by atoms with Gasteiger partial charge in [-0.25, -0.2) is 0 Å². The van der Waals surface area contributed by atoms with Crippen LogP contribution in [0.1, 0.15) is 12.5 Å². The summed E-state index contributed by atoms with van der Waals surface area (Å²) >= 11 is 0. The number of carbonyl (C=O) groups excluding carboxylic acids is 1.